The predicted octanol–water partition coefficient (Wildman–Crippen LogP) is 3.88. The Balaban J connectivity index is 2.81. The molecule has 20 heavy (non-hydrogen) atoms. The van der Waals surface area contributed by atoms with E-state index in [0.717, 1.165) is 24.3 Å². The molecule has 0 aliphatic carbocycles. The van der Waals surface area contributed by atoms with Gasteiger partial charge in [-0.3, -0.25) is 0 Å². The number of benzene rings is 1. The number of carboxylic acid groups (broad SMARTS) is 1. The van der Waals surface area contributed by atoms with Crippen LogP contribution in [0.2, 0.25) is 0 Å². The molecule has 0 atom stereocenters. The molecular formula is C15H18F2O3. The molecular weight excluding hydrogens is 266 g/mol. The van der Waals surface area contributed by atoms with Crippen LogP contribution in [0.1, 0.15) is 32.8 Å². The average Bonchev–Trinajstić information content (AvgIpc) is 2.28. The third-order valence-corrected chi connectivity index (χ3v) is 2.54. The molecule has 110 valence electrons. The van der Waals surface area contributed by atoms with Gasteiger partial charge in [0.25, 0.3) is 0 Å². The van der Waals surface area contributed by atoms with Gasteiger partial charge in [0.1, 0.15) is 0 Å². The zero-order chi connectivity index (χ0) is 15.3. The van der Waals surface area contributed by atoms with Gasteiger partial charge in [0.2, 0.25) is 0 Å². The van der Waals surface area contributed by atoms with Crippen molar-refractivity contribution in [2.24, 2.45) is 5.41 Å². The Labute approximate surface area is 116 Å². The summed E-state index contributed by atoms with van der Waals surface area (Å²) in [6, 6.07) is 2.07. The van der Waals surface area contributed by atoms with E-state index in [2.05, 4.69) is 0 Å². The molecule has 1 rings (SSSR count). The van der Waals surface area contributed by atoms with Crippen molar-refractivity contribution in [3.05, 3.63) is 35.4 Å². The molecule has 0 fully saturated rings. The van der Waals surface area contributed by atoms with Crippen LogP contribution in [0.15, 0.2) is 18.2 Å². The summed E-state index contributed by atoms with van der Waals surface area (Å²) in [4.78, 5) is 10.3. The Hall–Kier alpha value is -1.91. The second-order valence-corrected chi connectivity index (χ2v) is 5.64. The number of ether oxygens (including phenoxy) is 1. The maximum Gasteiger partial charge on any atom is 0.328 e. The molecule has 0 amide bonds. The number of carboxylic acids is 1. The first-order chi connectivity index (χ1) is 9.19. The molecule has 0 bridgehead atoms. The highest BCUT2D eigenvalue weighted by molar-refractivity contribution is 5.85. The molecule has 1 aromatic rings. The van der Waals surface area contributed by atoms with Crippen LogP contribution in [0.5, 0.6) is 5.75 Å². The van der Waals surface area contributed by atoms with E-state index in [0.29, 0.717) is 6.42 Å². The summed E-state index contributed by atoms with van der Waals surface area (Å²) >= 11 is 0. The Bertz CT molecular complexity index is 493. The number of hydrogen-bond acceptors (Lipinski definition) is 2. The van der Waals surface area contributed by atoms with Crippen LogP contribution >= 0.6 is 0 Å². The standard InChI is InChI=1S/C15H18F2O3/c1-15(2,3)6-7-20-14-11(16)8-10(9-12(14)17)4-5-13(18)19/h4-5,8-9H,6-7H2,1-3H3,(H,18,19). The Morgan fingerprint density at radius 1 is 1.30 bits per heavy atom. The Kier molecular flexibility index (Phi) is 5.25. The summed E-state index contributed by atoms with van der Waals surface area (Å²) in [7, 11) is 0. The summed E-state index contributed by atoms with van der Waals surface area (Å²) in [5, 5.41) is 8.46. The molecule has 0 radical (unpaired) electrons. The fourth-order valence-corrected chi connectivity index (χ4v) is 1.44. The first-order valence-electron chi connectivity index (χ1n) is 6.22. The van der Waals surface area contributed by atoms with Crippen LogP contribution in [-0.4, -0.2) is 17.7 Å². The molecule has 0 saturated heterocycles. The van der Waals surface area contributed by atoms with Gasteiger partial charge in [-0.15, -0.1) is 0 Å². The lowest BCUT2D eigenvalue weighted by atomic mass is 9.93. The summed E-state index contributed by atoms with van der Waals surface area (Å²) in [5.41, 5.74) is 0.141. The van der Waals surface area contributed by atoms with E-state index in [1.807, 2.05) is 20.8 Å². The minimum atomic E-state index is -1.18. The van der Waals surface area contributed by atoms with Crippen molar-refractivity contribution in [3.8, 4) is 5.75 Å². The molecule has 1 aromatic carbocycles. The number of rotatable bonds is 5. The van der Waals surface area contributed by atoms with Crippen LogP contribution in [0.3, 0.4) is 0 Å². The van der Waals surface area contributed by atoms with Crippen molar-refractivity contribution in [2.75, 3.05) is 6.61 Å². The fraction of sp³-hybridized carbons (Fsp3) is 0.400. The lowest BCUT2D eigenvalue weighted by Gasteiger charge is -2.18. The highest BCUT2D eigenvalue weighted by Crippen LogP contribution is 2.25. The van der Waals surface area contributed by atoms with E-state index in [4.69, 9.17) is 9.84 Å². The minimum absolute atomic E-state index is 0.0110. The highest BCUT2D eigenvalue weighted by atomic mass is 19.1. The minimum Gasteiger partial charge on any atom is -0.488 e. The molecule has 0 aromatic heterocycles. The largest absolute Gasteiger partial charge is 0.488 e. The molecule has 5 heteroatoms. The van der Waals surface area contributed by atoms with Crippen molar-refractivity contribution in [1.29, 1.82) is 0 Å². The molecule has 0 spiro atoms. The molecule has 0 aliphatic heterocycles. The Morgan fingerprint density at radius 2 is 1.85 bits per heavy atom. The SMILES string of the molecule is CC(C)(C)CCOc1c(F)cc(C=CC(=O)O)cc1F. The smallest absolute Gasteiger partial charge is 0.328 e. The average molecular weight is 284 g/mol. The predicted molar refractivity (Wildman–Crippen MR) is 72.6 cm³/mol. The number of aliphatic carboxylic acids is 1. The maximum atomic E-state index is 13.7. The summed E-state index contributed by atoms with van der Waals surface area (Å²) in [6.45, 7) is 6.22. The van der Waals surface area contributed by atoms with Gasteiger partial charge < -0.3 is 9.84 Å². The molecule has 0 heterocycles. The van der Waals surface area contributed by atoms with Gasteiger partial charge in [-0.2, -0.15) is 0 Å². The van der Waals surface area contributed by atoms with Gasteiger partial charge in [0.05, 0.1) is 6.61 Å². The zero-order valence-electron chi connectivity index (χ0n) is 11.7. The topological polar surface area (TPSA) is 46.5 Å². The summed E-state index contributed by atoms with van der Waals surface area (Å²) in [6.07, 6.45) is 2.59. The van der Waals surface area contributed by atoms with Gasteiger partial charge in [0, 0.05) is 6.08 Å². The molecule has 0 unspecified atom stereocenters. The van der Waals surface area contributed by atoms with E-state index in [1.165, 1.54) is 0 Å². The quantitative estimate of drug-likeness (QED) is 0.835. The third kappa shape index (κ3) is 5.38. The third-order valence-electron chi connectivity index (χ3n) is 2.54. The lowest BCUT2D eigenvalue weighted by molar-refractivity contribution is -0.131. The van der Waals surface area contributed by atoms with Crippen LogP contribution in [0, 0.1) is 17.0 Å². The molecule has 0 saturated carbocycles. The van der Waals surface area contributed by atoms with Crippen LogP contribution in [-0.2, 0) is 4.79 Å². The zero-order valence-corrected chi connectivity index (χ0v) is 11.7. The van der Waals surface area contributed by atoms with Crippen LogP contribution in [0.4, 0.5) is 8.78 Å². The molecule has 1 N–H and O–H groups in total. The van der Waals surface area contributed by atoms with Crippen LogP contribution in [0.25, 0.3) is 6.08 Å². The van der Waals surface area contributed by atoms with E-state index in [-0.39, 0.29) is 17.6 Å². The maximum absolute atomic E-state index is 13.7. The van der Waals surface area contributed by atoms with Crippen molar-refractivity contribution in [1.82, 2.24) is 0 Å². The summed E-state index contributed by atoms with van der Waals surface area (Å²) in [5.74, 6) is -3.30. The van der Waals surface area contributed by atoms with Crippen LogP contribution < -0.4 is 4.74 Å². The van der Waals surface area contributed by atoms with E-state index in [9.17, 15) is 13.6 Å². The van der Waals surface area contributed by atoms with E-state index < -0.39 is 23.4 Å². The fourth-order valence-electron chi connectivity index (χ4n) is 1.44. The second-order valence-electron chi connectivity index (χ2n) is 5.64. The monoisotopic (exact) mass is 284 g/mol. The van der Waals surface area contributed by atoms with Gasteiger partial charge in [0.15, 0.2) is 17.4 Å². The van der Waals surface area contributed by atoms with Gasteiger partial charge in [-0.05, 0) is 35.6 Å². The normalized spacial score (nSPS) is 11.8. The van der Waals surface area contributed by atoms with E-state index in [1.54, 1.807) is 0 Å². The molecule has 0 aliphatic rings. The van der Waals surface area contributed by atoms with Gasteiger partial charge >= 0.3 is 5.97 Å². The van der Waals surface area contributed by atoms with Gasteiger partial charge in [-0.1, -0.05) is 20.8 Å². The van der Waals surface area contributed by atoms with Crippen molar-refractivity contribution < 1.29 is 23.4 Å². The molecule has 3 nitrogen and oxygen atoms in total. The van der Waals surface area contributed by atoms with Crippen molar-refractivity contribution in [2.45, 2.75) is 27.2 Å². The lowest BCUT2D eigenvalue weighted by Crippen LogP contribution is -2.12. The van der Waals surface area contributed by atoms with Crippen molar-refractivity contribution in [3.63, 3.8) is 0 Å². The number of hydrogen-bond donors (Lipinski definition) is 1. The van der Waals surface area contributed by atoms with Gasteiger partial charge in [-0.25, -0.2) is 13.6 Å². The summed E-state index contributed by atoms with van der Waals surface area (Å²) < 4.78 is 32.6. The number of halogens is 2. The van der Waals surface area contributed by atoms with E-state index >= 15 is 0 Å². The second kappa shape index (κ2) is 6.50. The first kappa shape index (κ1) is 16.1. The Morgan fingerprint density at radius 3 is 2.30 bits per heavy atom. The number of carbonyl (C=O) groups is 1. The van der Waals surface area contributed by atoms with Crippen molar-refractivity contribution >= 4 is 12.0 Å². The first-order valence-corrected chi connectivity index (χ1v) is 6.22. The highest BCUT2D eigenvalue weighted by Gasteiger charge is 2.15.